The Kier molecular flexibility index (Phi) is 2.76. The van der Waals surface area contributed by atoms with Gasteiger partial charge >= 0.3 is 6.15 Å². The Labute approximate surface area is 91.1 Å². The van der Waals surface area contributed by atoms with Gasteiger partial charge in [0.2, 0.25) is 0 Å². The number of hydrogen-bond donors (Lipinski definition) is 0. The van der Waals surface area contributed by atoms with Crippen LogP contribution in [0, 0.1) is 0 Å². The molecule has 2 aromatic heterocycles. The summed E-state index contributed by atoms with van der Waals surface area (Å²) in [7, 11) is 0. The highest BCUT2D eigenvalue weighted by Crippen LogP contribution is 2.13. The molecular weight excluding hydrogens is 204 g/mol. The Hall–Kier alpha value is -2.45. The average Bonchev–Trinajstić information content (AvgIpc) is 2.78. The first-order valence-corrected chi connectivity index (χ1v) is 4.67. The smallest absolute Gasteiger partial charge is 0.314 e. The van der Waals surface area contributed by atoms with Crippen LogP contribution >= 0.6 is 0 Å². The van der Waals surface area contributed by atoms with Crippen molar-refractivity contribution < 1.29 is 9.59 Å². The van der Waals surface area contributed by atoms with Gasteiger partial charge in [0.1, 0.15) is 0 Å². The molecule has 0 aliphatic rings. The summed E-state index contributed by atoms with van der Waals surface area (Å²) >= 11 is 0. The van der Waals surface area contributed by atoms with E-state index >= 15 is 0 Å². The minimum absolute atomic E-state index is 0.250. The van der Waals surface area contributed by atoms with Crippen LogP contribution in [-0.2, 0) is 9.59 Å². The lowest BCUT2D eigenvalue weighted by Gasteiger charge is -2.00. The van der Waals surface area contributed by atoms with Gasteiger partial charge in [-0.3, -0.25) is 4.98 Å². The van der Waals surface area contributed by atoms with Crippen LogP contribution in [0.3, 0.4) is 0 Å². The van der Waals surface area contributed by atoms with Gasteiger partial charge in [-0.05, 0) is 24.3 Å². The van der Waals surface area contributed by atoms with Crippen molar-refractivity contribution in [2.24, 2.45) is 0 Å². The molecule has 0 amide bonds. The van der Waals surface area contributed by atoms with E-state index in [9.17, 15) is 0 Å². The highest BCUT2D eigenvalue weighted by molar-refractivity contribution is 5.77. The van der Waals surface area contributed by atoms with Crippen LogP contribution in [0.1, 0.15) is 0 Å². The van der Waals surface area contributed by atoms with Crippen molar-refractivity contribution >= 4 is 22.7 Å². The molecule has 0 aliphatic carbocycles. The topological polar surface area (TPSA) is 51.4 Å². The summed E-state index contributed by atoms with van der Waals surface area (Å²) in [6.07, 6.45) is 4.20. The van der Waals surface area contributed by atoms with Gasteiger partial charge in [0, 0.05) is 6.20 Å². The Bertz CT molecular complexity index is 652. The maximum atomic E-state index is 8.12. The second-order valence-electron chi connectivity index (χ2n) is 3.13. The van der Waals surface area contributed by atoms with Crippen molar-refractivity contribution in [3.63, 3.8) is 0 Å². The summed E-state index contributed by atoms with van der Waals surface area (Å²) in [5, 5.41) is 0. The van der Waals surface area contributed by atoms with Crippen LogP contribution in [0.15, 0.2) is 48.8 Å². The minimum Gasteiger partial charge on any atom is -0.314 e. The summed E-state index contributed by atoms with van der Waals surface area (Å²) in [4.78, 5) is 20.6. The molecule has 0 saturated heterocycles. The third kappa shape index (κ3) is 1.69. The molecule has 0 fully saturated rings. The van der Waals surface area contributed by atoms with Gasteiger partial charge in [-0.2, -0.15) is 9.59 Å². The van der Waals surface area contributed by atoms with Gasteiger partial charge < -0.3 is 4.40 Å². The number of benzene rings is 1. The van der Waals surface area contributed by atoms with Crippen LogP contribution in [0.25, 0.3) is 16.6 Å². The lowest BCUT2D eigenvalue weighted by molar-refractivity contribution is -0.191. The van der Waals surface area contributed by atoms with E-state index in [2.05, 4.69) is 27.7 Å². The second-order valence-corrected chi connectivity index (χ2v) is 3.13. The Morgan fingerprint density at radius 3 is 2.62 bits per heavy atom. The third-order valence-corrected chi connectivity index (χ3v) is 2.26. The van der Waals surface area contributed by atoms with Crippen molar-refractivity contribution in [2.75, 3.05) is 0 Å². The fraction of sp³-hybridized carbons (Fsp3) is 0. The van der Waals surface area contributed by atoms with Crippen LogP contribution in [0.5, 0.6) is 0 Å². The molecule has 0 spiro atoms. The normalized spacial score (nSPS) is 9.50. The molecule has 0 saturated carbocycles. The highest BCUT2D eigenvalue weighted by atomic mass is 16.2. The molecule has 4 heteroatoms. The zero-order valence-corrected chi connectivity index (χ0v) is 8.33. The van der Waals surface area contributed by atoms with Crippen molar-refractivity contribution in [1.29, 1.82) is 0 Å². The molecule has 3 aromatic rings. The van der Waals surface area contributed by atoms with Crippen molar-refractivity contribution in [2.45, 2.75) is 0 Å². The number of rotatable bonds is 0. The largest absolute Gasteiger partial charge is 0.373 e. The predicted octanol–water partition coefficient (Wildman–Crippen LogP) is 1.90. The molecule has 16 heavy (non-hydrogen) atoms. The average molecular weight is 212 g/mol. The number of para-hydroxylation sites is 2. The van der Waals surface area contributed by atoms with Crippen molar-refractivity contribution in [3.05, 3.63) is 48.8 Å². The van der Waals surface area contributed by atoms with E-state index in [1.165, 1.54) is 0 Å². The van der Waals surface area contributed by atoms with E-state index in [1.807, 2.05) is 30.5 Å². The van der Waals surface area contributed by atoms with E-state index in [0.29, 0.717) is 0 Å². The summed E-state index contributed by atoms with van der Waals surface area (Å²) < 4.78 is 2.14. The summed E-state index contributed by atoms with van der Waals surface area (Å²) in [6, 6.07) is 12.2. The van der Waals surface area contributed by atoms with Crippen LogP contribution in [-0.4, -0.2) is 15.5 Å². The third-order valence-electron chi connectivity index (χ3n) is 2.26. The summed E-state index contributed by atoms with van der Waals surface area (Å²) in [5.74, 6) is 0. The number of fused-ring (bicyclic) bond motifs is 3. The van der Waals surface area contributed by atoms with E-state index in [4.69, 9.17) is 9.59 Å². The van der Waals surface area contributed by atoms with Crippen molar-refractivity contribution in [1.82, 2.24) is 9.38 Å². The molecule has 2 heterocycles. The molecule has 0 aliphatic heterocycles. The molecule has 78 valence electrons. The molecule has 0 N–H and O–H groups in total. The van der Waals surface area contributed by atoms with Gasteiger partial charge in [0.25, 0.3) is 0 Å². The standard InChI is InChI=1S/C11H8N2.CO2/c1-2-6-11-10(5-1)12-8-9-4-3-7-13(9)11;2-1-3/h1-8H;. The predicted molar refractivity (Wildman–Crippen MR) is 57.7 cm³/mol. The van der Waals surface area contributed by atoms with Gasteiger partial charge in [-0.25, -0.2) is 0 Å². The number of hydrogen-bond acceptors (Lipinski definition) is 3. The molecule has 1 aromatic carbocycles. The number of carbonyl (C=O) groups excluding carboxylic acids is 2. The van der Waals surface area contributed by atoms with Crippen LogP contribution < -0.4 is 0 Å². The monoisotopic (exact) mass is 212 g/mol. The molecule has 0 atom stereocenters. The molecule has 3 rings (SSSR count). The van der Waals surface area contributed by atoms with Gasteiger partial charge in [-0.15, -0.1) is 0 Å². The first kappa shape index (κ1) is 10.1. The molecule has 0 unspecified atom stereocenters. The van der Waals surface area contributed by atoms with E-state index in [-0.39, 0.29) is 6.15 Å². The van der Waals surface area contributed by atoms with Crippen LogP contribution in [0.4, 0.5) is 0 Å². The fourth-order valence-electron chi connectivity index (χ4n) is 1.63. The van der Waals surface area contributed by atoms with Crippen LogP contribution in [0.2, 0.25) is 0 Å². The second kappa shape index (κ2) is 4.38. The van der Waals surface area contributed by atoms with Gasteiger partial charge in [0.05, 0.1) is 22.7 Å². The minimum atomic E-state index is 0.250. The zero-order valence-electron chi connectivity index (χ0n) is 8.33. The maximum absolute atomic E-state index is 8.12. The SMILES string of the molecule is O=C=O.c1ccc2c(c1)ncc1cccn12. The highest BCUT2D eigenvalue weighted by Gasteiger charge is 1.97. The lowest BCUT2D eigenvalue weighted by atomic mass is 10.3. The molecular formula is C12H8N2O2. The van der Waals surface area contributed by atoms with Gasteiger partial charge in [-0.1, -0.05) is 12.1 Å². The van der Waals surface area contributed by atoms with Crippen molar-refractivity contribution in [3.8, 4) is 0 Å². The summed E-state index contributed by atoms with van der Waals surface area (Å²) in [5.41, 5.74) is 3.33. The van der Waals surface area contributed by atoms with E-state index in [0.717, 1.165) is 16.6 Å². The molecule has 0 radical (unpaired) electrons. The van der Waals surface area contributed by atoms with Gasteiger partial charge in [0.15, 0.2) is 0 Å². The maximum Gasteiger partial charge on any atom is 0.373 e. The summed E-state index contributed by atoms with van der Waals surface area (Å²) in [6.45, 7) is 0. The molecule has 0 bridgehead atoms. The van der Waals surface area contributed by atoms with E-state index in [1.54, 1.807) is 0 Å². The van der Waals surface area contributed by atoms with E-state index < -0.39 is 0 Å². The zero-order chi connectivity index (χ0) is 11.4. The fourth-order valence-corrected chi connectivity index (χ4v) is 1.63. The number of aromatic nitrogens is 2. The molecule has 4 nitrogen and oxygen atoms in total. The quantitative estimate of drug-likeness (QED) is 0.572. The Morgan fingerprint density at radius 1 is 1.06 bits per heavy atom. The Balaban J connectivity index is 0.000000292. The number of nitrogens with zero attached hydrogens (tertiary/aromatic N) is 2. The Morgan fingerprint density at radius 2 is 1.81 bits per heavy atom. The first-order chi connectivity index (χ1) is 7.86. The first-order valence-electron chi connectivity index (χ1n) is 4.67. The lowest BCUT2D eigenvalue weighted by Crippen LogP contribution is -1.87.